The van der Waals surface area contributed by atoms with E-state index in [1.54, 1.807) is 11.6 Å². The molecule has 4 heteroatoms. The van der Waals surface area contributed by atoms with Crippen molar-refractivity contribution < 1.29 is 4.39 Å². The number of halogens is 1. The van der Waals surface area contributed by atoms with Gasteiger partial charge in [0.25, 0.3) is 0 Å². The minimum absolute atomic E-state index is 0.225. The molecule has 21 heavy (non-hydrogen) atoms. The number of nitrogens with one attached hydrogen (secondary N) is 2. The lowest BCUT2D eigenvalue weighted by molar-refractivity contribution is 0.627. The summed E-state index contributed by atoms with van der Waals surface area (Å²) in [6.45, 7) is 1.93. The average molecular weight is 287 g/mol. The number of aromatic nitrogens is 2. The van der Waals surface area contributed by atoms with Gasteiger partial charge in [-0.1, -0.05) is 11.6 Å². The van der Waals surface area contributed by atoms with Crippen LogP contribution in [0.4, 0.5) is 4.39 Å². The zero-order valence-corrected chi connectivity index (χ0v) is 12.3. The quantitative estimate of drug-likeness (QED) is 0.628. The molecule has 1 heterocycles. The Morgan fingerprint density at radius 1 is 1.19 bits per heavy atom. The van der Waals surface area contributed by atoms with Crippen LogP contribution in [0, 0.1) is 5.82 Å². The van der Waals surface area contributed by atoms with Crippen molar-refractivity contribution in [2.45, 2.75) is 38.5 Å². The van der Waals surface area contributed by atoms with E-state index in [0.29, 0.717) is 0 Å². The average Bonchev–Trinajstić information content (AvgIpc) is 2.90. The van der Waals surface area contributed by atoms with Crippen molar-refractivity contribution in [1.29, 1.82) is 0 Å². The third-order valence-corrected chi connectivity index (χ3v) is 4.04. The maximum atomic E-state index is 13.1. The van der Waals surface area contributed by atoms with E-state index >= 15 is 0 Å². The van der Waals surface area contributed by atoms with Gasteiger partial charge in [0, 0.05) is 13.0 Å². The van der Waals surface area contributed by atoms with Crippen LogP contribution in [0.2, 0.25) is 0 Å². The largest absolute Gasteiger partial charge is 0.342 e. The number of rotatable bonds is 6. The molecule has 0 saturated heterocycles. The Labute approximate surface area is 124 Å². The summed E-state index contributed by atoms with van der Waals surface area (Å²) in [5.41, 5.74) is 3.21. The molecule has 0 amide bonds. The van der Waals surface area contributed by atoms with Crippen LogP contribution in [0.15, 0.2) is 29.8 Å². The van der Waals surface area contributed by atoms with E-state index in [-0.39, 0.29) is 5.82 Å². The van der Waals surface area contributed by atoms with Gasteiger partial charge in [-0.05, 0) is 56.8 Å². The van der Waals surface area contributed by atoms with Crippen LogP contribution in [0.5, 0.6) is 0 Å². The van der Waals surface area contributed by atoms with Gasteiger partial charge in [-0.3, -0.25) is 0 Å². The van der Waals surface area contributed by atoms with Gasteiger partial charge >= 0.3 is 0 Å². The normalized spacial score (nSPS) is 15.4. The molecule has 3 nitrogen and oxygen atoms in total. The Kier molecular flexibility index (Phi) is 4.65. The third kappa shape index (κ3) is 3.91. The first-order chi connectivity index (χ1) is 10.3. The van der Waals surface area contributed by atoms with Crippen molar-refractivity contribution in [2.75, 3.05) is 13.1 Å². The van der Waals surface area contributed by atoms with Gasteiger partial charge in [-0.15, -0.1) is 0 Å². The van der Waals surface area contributed by atoms with Crippen LogP contribution in [0.3, 0.4) is 0 Å². The lowest BCUT2D eigenvalue weighted by Crippen LogP contribution is -2.19. The zero-order valence-electron chi connectivity index (χ0n) is 12.3. The van der Waals surface area contributed by atoms with Crippen LogP contribution >= 0.6 is 0 Å². The molecule has 3 rings (SSSR count). The van der Waals surface area contributed by atoms with E-state index in [2.05, 4.69) is 21.4 Å². The van der Waals surface area contributed by atoms with Crippen molar-refractivity contribution in [3.05, 3.63) is 41.5 Å². The number of imidazole rings is 1. The highest BCUT2D eigenvalue weighted by molar-refractivity contribution is 5.74. The first-order valence-corrected chi connectivity index (χ1v) is 7.84. The van der Waals surface area contributed by atoms with Crippen molar-refractivity contribution in [3.8, 4) is 0 Å². The standard InChI is InChI=1S/C17H22FN3/c18-14-6-7-15-16(12-14)21-17(20-15)9-11-19-10-8-13-4-2-1-3-5-13/h4,6-7,12,19H,1-3,5,8-11H2,(H,20,21). The first kappa shape index (κ1) is 14.3. The fourth-order valence-corrected chi connectivity index (χ4v) is 2.87. The Balaban J connectivity index is 1.43. The highest BCUT2D eigenvalue weighted by atomic mass is 19.1. The predicted molar refractivity (Wildman–Crippen MR) is 83.8 cm³/mol. The van der Waals surface area contributed by atoms with Crippen LogP contribution in [0.1, 0.15) is 37.9 Å². The maximum Gasteiger partial charge on any atom is 0.125 e. The number of aromatic amines is 1. The molecular weight excluding hydrogens is 265 g/mol. The molecule has 0 aliphatic heterocycles. The molecule has 2 aromatic rings. The second-order valence-electron chi connectivity index (χ2n) is 5.70. The minimum Gasteiger partial charge on any atom is -0.342 e. The van der Waals surface area contributed by atoms with E-state index in [4.69, 9.17) is 0 Å². The Morgan fingerprint density at radius 2 is 2.10 bits per heavy atom. The lowest BCUT2D eigenvalue weighted by Gasteiger charge is -2.12. The minimum atomic E-state index is -0.225. The van der Waals surface area contributed by atoms with Crippen LogP contribution in [-0.2, 0) is 6.42 Å². The van der Waals surface area contributed by atoms with Gasteiger partial charge in [-0.25, -0.2) is 9.37 Å². The van der Waals surface area contributed by atoms with Crippen molar-refractivity contribution in [1.82, 2.24) is 15.3 Å². The molecule has 1 aliphatic rings. The summed E-state index contributed by atoms with van der Waals surface area (Å²) in [6.07, 6.45) is 9.63. The van der Waals surface area contributed by atoms with Gasteiger partial charge < -0.3 is 10.3 Å². The zero-order chi connectivity index (χ0) is 14.5. The summed E-state index contributed by atoms with van der Waals surface area (Å²) < 4.78 is 13.1. The Bertz CT molecular complexity index is 630. The summed E-state index contributed by atoms with van der Waals surface area (Å²) in [7, 11) is 0. The van der Waals surface area contributed by atoms with E-state index < -0.39 is 0 Å². The van der Waals surface area contributed by atoms with Gasteiger partial charge in [0.05, 0.1) is 11.0 Å². The summed E-state index contributed by atoms with van der Waals surface area (Å²) in [5.74, 6) is 0.691. The molecule has 1 aromatic heterocycles. The molecule has 0 fully saturated rings. The van der Waals surface area contributed by atoms with E-state index in [0.717, 1.165) is 42.8 Å². The van der Waals surface area contributed by atoms with Gasteiger partial charge in [0.1, 0.15) is 11.6 Å². The SMILES string of the molecule is Fc1ccc2nc(CCNCCC3=CCCCC3)[nH]c2c1. The molecule has 112 valence electrons. The highest BCUT2D eigenvalue weighted by Crippen LogP contribution is 2.19. The summed E-state index contributed by atoms with van der Waals surface area (Å²) in [4.78, 5) is 7.64. The highest BCUT2D eigenvalue weighted by Gasteiger charge is 2.05. The van der Waals surface area contributed by atoms with Gasteiger partial charge in [-0.2, -0.15) is 0 Å². The van der Waals surface area contributed by atoms with Gasteiger partial charge in [0.15, 0.2) is 0 Å². The molecule has 1 aliphatic carbocycles. The van der Waals surface area contributed by atoms with Crippen LogP contribution in [-0.4, -0.2) is 23.1 Å². The molecule has 0 spiro atoms. The number of allylic oxidation sites excluding steroid dienone is 1. The Morgan fingerprint density at radius 3 is 2.95 bits per heavy atom. The summed E-state index contributed by atoms with van der Waals surface area (Å²) in [5, 5.41) is 3.46. The number of benzene rings is 1. The second-order valence-corrected chi connectivity index (χ2v) is 5.70. The number of nitrogens with zero attached hydrogens (tertiary/aromatic N) is 1. The van der Waals surface area contributed by atoms with Crippen molar-refractivity contribution in [2.24, 2.45) is 0 Å². The summed E-state index contributed by atoms with van der Waals surface area (Å²) in [6, 6.07) is 4.66. The topological polar surface area (TPSA) is 40.7 Å². The molecule has 0 bridgehead atoms. The fraction of sp³-hybridized carbons (Fsp3) is 0.471. The smallest absolute Gasteiger partial charge is 0.125 e. The molecule has 0 atom stereocenters. The molecule has 2 N–H and O–H groups in total. The molecule has 1 aromatic carbocycles. The van der Waals surface area contributed by atoms with Crippen LogP contribution in [0.25, 0.3) is 11.0 Å². The van der Waals surface area contributed by atoms with Crippen LogP contribution < -0.4 is 5.32 Å². The van der Waals surface area contributed by atoms with Gasteiger partial charge in [0.2, 0.25) is 0 Å². The molecule has 0 unspecified atom stereocenters. The number of H-pyrrole nitrogens is 1. The Hall–Kier alpha value is -1.68. The second kappa shape index (κ2) is 6.85. The monoisotopic (exact) mass is 287 g/mol. The predicted octanol–water partition coefficient (Wildman–Crippen LogP) is 3.72. The third-order valence-electron chi connectivity index (χ3n) is 4.04. The summed E-state index contributed by atoms with van der Waals surface area (Å²) >= 11 is 0. The van der Waals surface area contributed by atoms with Crippen molar-refractivity contribution >= 4 is 11.0 Å². The number of fused-ring (bicyclic) bond motifs is 1. The van der Waals surface area contributed by atoms with E-state index in [9.17, 15) is 4.39 Å². The molecule has 0 saturated carbocycles. The van der Waals surface area contributed by atoms with E-state index in [1.807, 2.05) is 0 Å². The number of hydrogen-bond acceptors (Lipinski definition) is 2. The molecule has 0 radical (unpaired) electrons. The first-order valence-electron chi connectivity index (χ1n) is 7.84. The maximum absolute atomic E-state index is 13.1. The lowest BCUT2D eigenvalue weighted by atomic mass is 9.97. The molecular formula is C17H22FN3. The van der Waals surface area contributed by atoms with E-state index in [1.165, 1.54) is 37.8 Å². The number of hydrogen-bond donors (Lipinski definition) is 2. The van der Waals surface area contributed by atoms with Crippen molar-refractivity contribution in [3.63, 3.8) is 0 Å². The fourth-order valence-electron chi connectivity index (χ4n) is 2.87.